The monoisotopic (exact) mass is 233 g/mol. The van der Waals surface area contributed by atoms with E-state index in [1.165, 1.54) is 5.56 Å². The Bertz CT molecular complexity index is 399. The lowest BCUT2D eigenvalue weighted by atomic mass is 10.2. The molecule has 1 N–H and O–H groups in total. The largest absolute Gasteiger partial charge is 0.304 e. The molecule has 0 aliphatic heterocycles. The van der Waals surface area contributed by atoms with Crippen molar-refractivity contribution >= 4 is 11.3 Å². The minimum absolute atomic E-state index is 0.355. The van der Waals surface area contributed by atoms with Gasteiger partial charge in [-0.1, -0.05) is 6.92 Å². The van der Waals surface area contributed by atoms with Crippen LogP contribution < -0.4 is 5.32 Å². The summed E-state index contributed by atoms with van der Waals surface area (Å²) in [5.74, 6) is 0. The molecule has 0 aliphatic rings. The van der Waals surface area contributed by atoms with Gasteiger partial charge in [0.15, 0.2) is 0 Å². The zero-order valence-corrected chi connectivity index (χ0v) is 10.1. The lowest BCUT2D eigenvalue weighted by molar-refractivity contribution is 0.516. The predicted molar refractivity (Wildman–Crippen MR) is 66.2 cm³/mol. The number of nitrogens with one attached hydrogen (secondary N) is 1. The number of aromatic nitrogens is 2. The fourth-order valence-corrected chi connectivity index (χ4v) is 2.35. The molecule has 2 aromatic heterocycles. The maximum Gasteiger partial charge on any atom is 0.109 e. The van der Waals surface area contributed by atoms with Gasteiger partial charge in [-0.25, -0.2) is 4.98 Å². The summed E-state index contributed by atoms with van der Waals surface area (Å²) < 4.78 is 0. The Morgan fingerprint density at radius 2 is 2.12 bits per heavy atom. The molecule has 16 heavy (non-hydrogen) atoms. The number of rotatable bonds is 5. The van der Waals surface area contributed by atoms with Crippen molar-refractivity contribution in [1.82, 2.24) is 15.3 Å². The Kier molecular flexibility index (Phi) is 4.02. The molecule has 0 amide bonds. The molecule has 0 spiro atoms. The first-order valence-electron chi connectivity index (χ1n) is 5.42. The van der Waals surface area contributed by atoms with Gasteiger partial charge in [0.05, 0.1) is 6.04 Å². The molecular formula is C12H15N3S. The molecule has 1 atom stereocenters. The van der Waals surface area contributed by atoms with E-state index in [-0.39, 0.29) is 0 Å². The summed E-state index contributed by atoms with van der Waals surface area (Å²) >= 11 is 1.70. The number of pyridine rings is 1. The molecule has 2 heterocycles. The highest BCUT2D eigenvalue weighted by molar-refractivity contribution is 7.09. The molecule has 0 fully saturated rings. The number of nitrogens with zero attached hydrogens (tertiary/aromatic N) is 2. The van der Waals surface area contributed by atoms with Crippen molar-refractivity contribution in [2.75, 3.05) is 0 Å². The van der Waals surface area contributed by atoms with Crippen molar-refractivity contribution in [3.05, 3.63) is 46.7 Å². The maximum atomic E-state index is 4.34. The van der Waals surface area contributed by atoms with Crippen LogP contribution in [0, 0.1) is 0 Å². The molecule has 3 nitrogen and oxygen atoms in total. The lowest BCUT2D eigenvalue weighted by Crippen LogP contribution is -2.20. The SMILES string of the molecule is CCC(NCc1ccncc1)c1nccs1. The average molecular weight is 233 g/mol. The van der Waals surface area contributed by atoms with E-state index in [1.54, 1.807) is 11.3 Å². The van der Waals surface area contributed by atoms with Gasteiger partial charge in [0.1, 0.15) is 5.01 Å². The van der Waals surface area contributed by atoms with Gasteiger partial charge < -0.3 is 5.32 Å². The standard InChI is InChI=1S/C12H15N3S/c1-2-11(12-14-7-8-16-12)15-9-10-3-5-13-6-4-10/h3-8,11,15H,2,9H2,1H3. The maximum absolute atomic E-state index is 4.34. The summed E-state index contributed by atoms with van der Waals surface area (Å²) in [6, 6.07) is 4.41. The molecule has 2 rings (SSSR count). The molecule has 0 saturated carbocycles. The third-order valence-corrected chi connectivity index (χ3v) is 3.35. The smallest absolute Gasteiger partial charge is 0.109 e. The van der Waals surface area contributed by atoms with E-state index in [2.05, 4.69) is 22.2 Å². The Hall–Kier alpha value is -1.26. The first-order chi connectivity index (χ1) is 7.90. The second kappa shape index (κ2) is 5.72. The number of hydrogen-bond acceptors (Lipinski definition) is 4. The Morgan fingerprint density at radius 3 is 2.75 bits per heavy atom. The van der Waals surface area contributed by atoms with Crippen molar-refractivity contribution in [3.8, 4) is 0 Å². The molecule has 0 aromatic carbocycles. The predicted octanol–water partition coefficient (Wildman–Crippen LogP) is 2.78. The van der Waals surface area contributed by atoms with E-state index in [9.17, 15) is 0 Å². The Balaban J connectivity index is 1.94. The van der Waals surface area contributed by atoms with Crippen LogP contribution in [0.2, 0.25) is 0 Å². The zero-order valence-electron chi connectivity index (χ0n) is 9.26. The van der Waals surface area contributed by atoms with E-state index in [1.807, 2.05) is 36.1 Å². The summed E-state index contributed by atoms with van der Waals surface area (Å²) in [6.45, 7) is 3.03. The average Bonchev–Trinajstić information content (AvgIpc) is 2.85. The van der Waals surface area contributed by atoms with Crippen molar-refractivity contribution in [2.45, 2.75) is 25.9 Å². The van der Waals surface area contributed by atoms with E-state index in [4.69, 9.17) is 0 Å². The number of thiazole rings is 1. The summed E-state index contributed by atoms with van der Waals surface area (Å²) in [6.07, 6.45) is 6.55. The van der Waals surface area contributed by atoms with Crippen molar-refractivity contribution in [1.29, 1.82) is 0 Å². The van der Waals surface area contributed by atoms with Gasteiger partial charge in [-0.15, -0.1) is 11.3 Å². The van der Waals surface area contributed by atoms with Gasteiger partial charge >= 0.3 is 0 Å². The van der Waals surface area contributed by atoms with Crippen LogP contribution in [0.5, 0.6) is 0 Å². The molecule has 0 saturated heterocycles. The summed E-state index contributed by atoms with van der Waals surface area (Å²) in [4.78, 5) is 8.35. The van der Waals surface area contributed by atoms with Crippen LogP contribution in [0.25, 0.3) is 0 Å². The molecule has 0 aliphatic carbocycles. The molecule has 0 bridgehead atoms. The second-order valence-electron chi connectivity index (χ2n) is 3.57. The van der Waals surface area contributed by atoms with Crippen molar-refractivity contribution in [3.63, 3.8) is 0 Å². The molecular weight excluding hydrogens is 218 g/mol. The first kappa shape index (κ1) is 11.2. The third kappa shape index (κ3) is 2.87. The second-order valence-corrected chi connectivity index (χ2v) is 4.49. The highest BCUT2D eigenvalue weighted by Crippen LogP contribution is 2.19. The van der Waals surface area contributed by atoms with E-state index in [0.717, 1.165) is 18.0 Å². The van der Waals surface area contributed by atoms with Crippen LogP contribution in [0.1, 0.15) is 30.0 Å². The quantitative estimate of drug-likeness (QED) is 0.863. The first-order valence-corrected chi connectivity index (χ1v) is 6.29. The van der Waals surface area contributed by atoms with Gasteiger partial charge in [-0.05, 0) is 24.1 Å². The van der Waals surface area contributed by atoms with Crippen LogP contribution in [0.4, 0.5) is 0 Å². The van der Waals surface area contributed by atoms with E-state index >= 15 is 0 Å². The molecule has 4 heteroatoms. The molecule has 0 radical (unpaired) electrons. The minimum atomic E-state index is 0.355. The lowest BCUT2D eigenvalue weighted by Gasteiger charge is -2.14. The summed E-state index contributed by atoms with van der Waals surface area (Å²) in [5.41, 5.74) is 1.25. The van der Waals surface area contributed by atoms with Crippen molar-refractivity contribution < 1.29 is 0 Å². The van der Waals surface area contributed by atoms with Gasteiger partial charge in [-0.3, -0.25) is 4.98 Å². The van der Waals surface area contributed by atoms with Gasteiger partial charge in [0, 0.05) is 30.5 Å². The third-order valence-electron chi connectivity index (χ3n) is 2.46. The highest BCUT2D eigenvalue weighted by Gasteiger charge is 2.10. The fourth-order valence-electron chi connectivity index (χ4n) is 1.55. The topological polar surface area (TPSA) is 37.8 Å². The van der Waals surface area contributed by atoms with Crippen molar-refractivity contribution in [2.24, 2.45) is 0 Å². The Labute approximate surface area is 99.6 Å². The fraction of sp³-hybridized carbons (Fsp3) is 0.333. The molecule has 2 aromatic rings. The Morgan fingerprint density at radius 1 is 1.31 bits per heavy atom. The highest BCUT2D eigenvalue weighted by atomic mass is 32.1. The summed E-state index contributed by atoms with van der Waals surface area (Å²) in [7, 11) is 0. The van der Waals surface area contributed by atoms with Gasteiger partial charge in [0.2, 0.25) is 0 Å². The molecule has 84 valence electrons. The number of hydrogen-bond donors (Lipinski definition) is 1. The zero-order chi connectivity index (χ0) is 11.2. The van der Waals surface area contributed by atoms with Crippen LogP contribution in [-0.4, -0.2) is 9.97 Å². The van der Waals surface area contributed by atoms with Crippen LogP contribution >= 0.6 is 11.3 Å². The summed E-state index contributed by atoms with van der Waals surface area (Å²) in [5, 5.41) is 6.69. The van der Waals surface area contributed by atoms with E-state index < -0.39 is 0 Å². The van der Waals surface area contributed by atoms with Crippen LogP contribution in [0.15, 0.2) is 36.1 Å². The normalized spacial score (nSPS) is 12.6. The minimum Gasteiger partial charge on any atom is -0.304 e. The van der Waals surface area contributed by atoms with E-state index in [0.29, 0.717) is 6.04 Å². The van der Waals surface area contributed by atoms with Crippen LogP contribution in [-0.2, 0) is 6.54 Å². The molecule has 1 unspecified atom stereocenters. The van der Waals surface area contributed by atoms with Gasteiger partial charge in [0.25, 0.3) is 0 Å². The van der Waals surface area contributed by atoms with Crippen LogP contribution in [0.3, 0.4) is 0 Å². The van der Waals surface area contributed by atoms with Gasteiger partial charge in [-0.2, -0.15) is 0 Å².